The molecular weight excluding hydrogens is 280 g/mol. The van der Waals surface area contributed by atoms with E-state index in [2.05, 4.69) is 10.1 Å². The zero-order valence-electron chi connectivity index (χ0n) is 10.5. The van der Waals surface area contributed by atoms with Crippen LogP contribution in [0.2, 0.25) is 0 Å². The Hall–Kier alpha value is -2.41. The topological polar surface area (TPSA) is 86.2 Å². The van der Waals surface area contributed by atoms with E-state index >= 15 is 0 Å². The van der Waals surface area contributed by atoms with E-state index in [-0.39, 0.29) is 4.90 Å². The molecule has 6 nitrogen and oxygen atoms in total. The third-order valence-corrected chi connectivity index (χ3v) is 3.86. The molecule has 3 aromatic rings. The second kappa shape index (κ2) is 4.61. The van der Waals surface area contributed by atoms with E-state index in [0.29, 0.717) is 22.8 Å². The predicted molar refractivity (Wildman–Crippen MR) is 70.5 cm³/mol. The summed E-state index contributed by atoms with van der Waals surface area (Å²) in [6, 6.07) is 8.02. The number of nitrogens with zero attached hydrogens (tertiary/aromatic N) is 2. The summed E-state index contributed by atoms with van der Waals surface area (Å²) in [4.78, 5) is 4.48. The SMILES string of the molecule is CS(=O)(=O)c1ccc(-c2noc(-c3ccoc3)n2)cc1. The minimum Gasteiger partial charge on any atom is -0.472 e. The van der Waals surface area contributed by atoms with Gasteiger partial charge in [0.15, 0.2) is 9.84 Å². The molecule has 0 radical (unpaired) electrons. The van der Waals surface area contributed by atoms with E-state index < -0.39 is 9.84 Å². The summed E-state index contributed by atoms with van der Waals surface area (Å²) in [6.45, 7) is 0. The predicted octanol–water partition coefficient (Wildman–Crippen LogP) is 2.40. The summed E-state index contributed by atoms with van der Waals surface area (Å²) in [5.74, 6) is 0.738. The Labute approximate surface area is 115 Å². The van der Waals surface area contributed by atoms with Gasteiger partial charge in [0.2, 0.25) is 5.82 Å². The van der Waals surface area contributed by atoms with Gasteiger partial charge in [-0.2, -0.15) is 4.98 Å². The van der Waals surface area contributed by atoms with Crippen molar-refractivity contribution in [3.63, 3.8) is 0 Å². The Kier molecular flexibility index (Phi) is 2.90. The van der Waals surface area contributed by atoms with Crippen molar-refractivity contribution >= 4 is 9.84 Å². The number of furan rings is 1. The fourth-order valence-corrected chi connectivity index (χ4v) is 2.33. The Morgan fingerprint density at radius 3 is 2.40 bits per heavy atom. The molecule has 0 spiro atoms. The molecule has 0 aliphatic heterocycles. The van der Waals surface area contributed by atoms with Crippen LogP contribution in [0.5, 0.6) is 0 Å². The van der Waals surface area contributed by atoms with Crippen LogP contribution in [0.1, 0.15) is 0 Å². The molecule has 0 fully saturated rings. The van der Waals surface area contributed by atoms with Crippen LogP contribution >= 0.6 is 0 Å². The lowest BCUT2D eigenvalue weighted by atomic mass is 10.2. The van der Waals surface area contributed by atoms with E-state index in [1.165, 1.54) is 24.7 Å². The number of benzene rings is 1. The average Bonchev–Trinajstić information content (AvgIpc) is 3.09. The van der Waals surface area contributed by atoms with Crippen molar-refractivity contribution < 1.29 is 17.4 Å². The minimum atomic E-state index is -3.21. The Morgan fingerprint density at radius 1 is 1.05 bits per heavy atom. The molecule has 20 heavy (non-hydrogen) atoms. The molecule has 0 bridgehead atoms. The summed E-state index contributed by atoms with van der Waals surface area (Å²) in [5.41, 5.74) is 1.37. The van der Waals surface area contributed by atoms with Crippen LogP contribution in [0.3, 0.4) is 0 Å². The molecule has 0 unspecified atom stereocenters. The fourth-order valence-electron chi connectivity index (χ4n) is 1.70. The van der Waals surface area contributed by atoms with Crippen molar-refractivity contribution in [2.45, 2.75) is 4.90 Å². The van der Waals surface area contributed by atoms with Gasteiger partial charge in [-0.15, -0.1) is 0 Å². The highest BCUT2D eigenvalue weighted by molar-refractivity contribution is 7.90. The largest absolute Gasteiger partial charge is 0.472 e. The molecule has 0 saturated heterocycles. The number of sulfone groups is 1. The molecule has 0 saturated carbocycles. The van der Waals surface area contributed by atoms with Crippen LogP contribution in [-0.2, 0) is 9.84 Å². The molecule has 7 heteroatoms. The van der Waals surface area contributed by atoms with Gasteiger partial charge in [0.05, 0.1) is 16.7 Å². The first kappa shape index (κ1) is 12.6. The van der Waals surface area contributed by atoms with Gasteiger partial charge in [-0.25, -0.2) is 8.42 Å². The van der Waals surface area contributed by atoms with Gasteiger partial charge in [0.25, 0.3) is 5.89 Å². The molecule has 102 valence electrons. The minimum absolute atomic E-state index is 0.250. The smallest absolute Gasteiger partial charge is 0.261 e. The molecule has 1 aromatic carbocycles. The third kappa shape index (κ3) is 2.35. The molecular formula is C13H10N2O4S. The zero-order chi connectivity index (χ0) is 14.2. The quantitative estimate of drug-likeness (QED) is 0.736. The number of aromatic nitrogens is 2. The maximum Gasteiger partial charge on any atom is 0.261 e. The van der Waals surface area contributed by atoms with Crippen molar-refractivity contribution in [2.24, 2.45) is 0 Å². The average molecular weight is 290 g/mol. The monoisotopic (exact) mass is 290 g/mol. The highest BCUT2D eigenvalue weighted by atomic mass is 32.2. The third-order valence-electron chi connectivity index (χ3n) is 2.73. The van der Waals surface area contributed by atoms with Crippen LogP contribution in [0.15, 0.2) is 56.7 Å². The normalized spacial score (nSPS) is 11.7. The van der Waals surface area contributed by atoms with Crippen LogP contribution in [0.25, 0.3) is 22.8 Å². The molecule has 0 amide bonds. The van der Waals surface area contributed by atoms with Crippen LogP contribution in [-0.4, -0.2) is 24.8 Å². The number of hydrogen-bond donors (Lipinski definition) is 0. The van der Waals surface area contributed by atoms with Crippen molar-refractivity contribution in [3.05, 3.63) is 42.9 Å². The second-order valence-electron chi connectivity index (χ2n) is 4.23. The Morgan fingerprint density at radius 2 is 1.80 bits per heavy atom. The van der Waals surface area contributed by atoms with Crippen LogP contribution in [0, 0.1) is 0 Å². The fraction of sp³-hybridized carbons (Fsp3) is 0.0769. The van der Waals surface area contributed by atoms with Gasteiger partial charge in [0.1, 0.15) is 6.26 Å². The standard InChI is InChI=1S/C13H10N2O4S/c1-20(16,17)11-4-2-9(3-5-11)12-14-13(19-15-12)10-6-7-18-8-10/h2-8H,1H3. The first-order valence-corrected chi connectivity index (χ1v) is 7.60. The second-order valence-corrected chi connectivity index (χ2v) is 6.25. The van der Waals surface area contributed by atoms with Crippen molar-refractivity contribution in [1.82, 2.24) is 10.1 Å². The summed E-state index contributed by atoms with van der Waals surface area (Å²) >= 11 is 0. The lowest BCUT2D eigenvalue weighted by molar-refractivity contribution is 0.431. The molecule has 0 aliphatic rings. The molecule has 3 rings (SSSR count). The first-order chi connectivity index (χ1) is 9.54. The summed E-state index contributed by atoms with van der Waals surface area (Å²) in [6.07, 6.45) is 4.18. The molecule has 2 aromatic heterocycles. The summed E-state index contributed by atoms with van der Waals surface area (Å²) < 4.78 is 32.8. The van der Waals surface area contributed by atoms with Gasteiger partial charge in [-0.3, -0.25) is 0 Å². The molecule has 2 heterocycles. The van der Waals surface area contributed by atoms with Crippen molar-refractivity contribution in [2.75, 3.05) is 6.26 Å². The highest BCUT2D eigenvalue weighted by Crippen LogP contribution is 2.23. The number of hydrogen-bond acceptors (Lipinski definition) is 6. The molecule has 0 N–H and O–H groups in total. The maximum absolute atomic E-state index is 11.4. The zero-order valence-corrected chi connectivity index (χ0v) is 11.3. The van der Waals surface area contributed by atoms with Crippen molar-refractivity contribution in [3.8, 4) is 22.8 Å². The van der Waals surface area contributed by atoms with Gasteiger partial charge in [0, 0.05) is 11.8 Å². The molecule has 0 atom stereocenters. The van der Waals surface area contributed by atoms with Crippen LogP contribution in [0.4, 0.5) is 0 Å². The van der Waals surface area contributed by atoms with Gasteiger partial charge in [-0.05, 0) is 30.3 Å². The Bertz CT molecular complexity index is 818. The van der Waals surface area contributed by atoms with E-state index in [1.807, 2.05) is 0 Å². The van der Waals surface area contributed by atoms with E-state index in [1.54, 1.807) is 18.2 Å². The Balaban J connectivity index is 1.94. The van der Waals surface area contributed by atoms with Crippen molar-refractivity contribution in [1.29, 1.82) is 0 Å². The lowest BCUT2D eigenvalue weighted by Gasteiger charge is -1.98. The van der Waals surface area contributed by atoms with E-state index in [0.717, 1.165) is 6.26 Å². The van der Waals surface area contributed by atoms with Gasteiger partial charge < -0.3 is 8.94 Å². The van der Waals surface area contributed by atoms with Gasteiger partial charge in [-0.1, -0.05) is 5.16 Å². The van der Waals surface area contributed by atoms with E-state index in [9.17, 15) is 8.42 Å². The first-order valence-electron chi connectivity index (χ1n) is 5.71. The number of rotatable bonds is 3. The summed E-state index contributed by atoms with van der Waals surface area (Å²) in [5, 5.41) is 3.86. The summed E-state index contributed by atoms with van der Waals surface area (Å²) in [7, 11) is -3.21. The lowest BCUT2D eigenvalue weighted by Crippen LogP contribution is -1.96. The van der Waals surface area contributed by atoms with E-state index in [4.69, 9.17) is 8.94 Å². The van der Waals surface area contributed by atoms with Crippen LogP contribution < -0.4 is 0 Å². The maximum atomic E-state index is 11.4. The van der Waals surface area contributed by atoms with Gasteiger partial charge >= 0.3 is 0 Å². The molecule has 0 aliphatic carbocycles. The highest BCUT2D eigenvalue weighted by Gasteiger charge is 2.12.